The Morgan fingerprint density at radius 1 is 1.44 bits per heavy atom. The summed E-state index contributed by atoms with van der Waals surface area (Å²) in [4.78, 5) is 13.8. The summed E-state index contributed by atoms with van der Waals surface area (Å²) in [6, 6.07) is 6.52. The third kappa shape index (κ3) is 3.68. The van der Waals surface area contributed by atoms with Crippen LogP contribution in [0.4, 0.5) is 4.39 Å². The second kappa shape index (κ2) is 6.71. The summed E-state index contributed by atoms with van der Waals surface area (Å²) in [5, 5.41) is 3.18. The molecule has 3 nitrogen and oxygen atoms in total. The van der Waals surface area contributed by atoms with Crippen LogP contribution in [-0.2, 0) is 11.2 Å². The van der Waals surface area contributed by atoms with Crippen molar-refractivity contribution in [2.24, 2.45) is 0 Å². The number of amides is 1. The highest BCUT2D eigenvalue weighted by Gasteiger charge is 2.24. The van der Waals surface area contributed by atoms with Crippen LogP contribution in [0.5, 0.6) is 0 Å². The zero-order valence-electron chi connectivity index (χ0n) is 10.4. The van der Waals surface area contributed by atoms with Crippen molar-refractivity contribution < 1.29 is 9.18 Å². The molecule has 0 bridgehead atoms. The molecule has 1 fully saturated rings. The molecule has 1 saturated heterocycles. The molecule has 18 heavy (non-hydrogen) atoms. The first kappa shape index (κ1) is 14.9. The third-order valence-electron chi connectivity index (χ3n) is 3.22. The van der Waals surface area contributed by atoms with E-state index in [2.05, 4.69) is 5.32 Å². The van der Waals surface area contributed by atoms with Gasteiger partial charge in [0.2, 0.25) is 5.91 Å². The molecule has 0 radical (unpaired) electrons. The van der Waals surface area contributed by atoms with Gasteiger partial charge in [-0.2, -0.15) is 0 Å². The molecule has 100 valence electrons. The topological polar surface area (TPSA) is 32.3 Å². The molecule has 1 aromatic rings. The number of hydrogen-bond donors (Lipinski definition) is 1. The standard InChI is InChI=1S/C13H17FN2O.ClH/c1-15-12-6-7-16(9-12)13(17)8-10-2-4-11(14)5-3-10;/h2-5,12,15H,6-9H2,1H3;1H. The van der Waals surface area contributed by atoms with Gasteiger partial charge in [-0.1, -0.05) is 12.1 Å². The van der Waals surface area contributed by atoms with Crippen LogP contribution in [-0.4, -0.2) is 37.0 Å². The monoisotopic (exact) mass is 272 g/mol. The quantitative estimate of drug-likeness (QED) is 0.907. The number of likely N-dealkylation sites (N-methyl/N-ethyl adjacent to an activating group) is 1. The minimum Gasteiger partial charge on any atom is -0.341 e. The minimum atomic E-state index is -0.266. The molecule has 0 aliphatic carbocycles. The van der Waals surface area contributed by atoms with Crippen molar-refractivity contribution in [3.63, 3.8) is 0 Å². The maximum atomic E-state index is 12.7. The van der Waals surface area contributed by atoms with Gasteiger partial charge in [0.1, 0.15) is 5.82 Å². The van der Waals surface area contributed by atoms with Gasteiger partial charge in [-0.15, -0.1) is 12.4 Å². The van der Waals surface area contributed by atoms with Crippen LogP contribution in [0.15, 0.2) is 24.3 Å². The van der Waals surface area contributed by atoms with Crippen molar-refractivity contribution in [1.82, 2.24) is 10.2 Å². The lowest BCUT2D eigenvalue weighted by Gasteiger charge is -2.16. The van der Waals surface area contributed by atoms with E-state index in [4.69, 9.17) is 0 Å². The number of nitrogens with one attached hydrogen (secondary N) is 1. The van der Waals surface area contributed by atoms with Gasteiger partial charge in [0.15, 0.2) is 0 Å². The molecule has 1 aliphatic rings. The molecule has 1 aromatic carbocycles. The van der Waals surface area contributed by atoms with Crippen molar-refractivity contribution in [3.05, 3.63) is 35.6 Å². The molecular formula is C13H18ClFN2O. The van der Waals surface area contributed by atoms with Crippen LogP contribution in [0.25, 0.3) is 0 Å². The highest BCUT2D eigenvalue weighted by Crippen LogP contribution is 2.12. The van der Waals surface area contributed by atoms with E-state index in [0.717, 1.165) is 25.1 Å². The van der Waals surface area contributed by atoms with E-state index in [0.29, 0.717) is 12.5 Å². The molecule has 1 atom stereocenters. The zero-order valence-corrected chi connectivity index (χ0v) is 11.2. The number of carbonyl (C=O) groups is 1. The third-order valence-corrected chi connectivity index (χ3v) is 3.22. The Labute approximate surface area is 113 Å². The van der Waals surface area contributed by atoms with Crippen molar-refractivity contribution >= 4 is 18.3 Å². The summed E-state index contributed by atoms with van der Waals surface area (Å²) in [6.07, 6.45) is 1.36. The van der Waals surface area contributed by atoms with E-state index in [1.54, 1.807) is 12.1 Å². The molecule has 1 N–H and O–H groups in total. The summed E-state index contributed by atoms with van der Waals surface area (Å²) in [5.41, 5.74) is 0.865. The summed E-state index contributed by atoms with van der Waals surface area (Å²) in [5.74, 6) is -0.146. The predicted octanol–water partition coefficient (Wildman–Crippen LogP) is 1.61. The molecular weight excluding hydrogens is 255 g/mol. The molecule has 1 heterocycles. The van der Waals surface area contributed by atoms with E-state index in [-0.39, 0.29) is 24.1 Å². The van der Waals surface area contributed by atoms with Crippen LogP contribution in [0, 0.1) is 5.82 Å². The van der Waals surface area contributed by atoms with Crippen molar-refractivity contribution in [3.8, 4) is 0 Å². The Morgan fingerprint density at radius 2 is 2.11 bits per heavy atom. The second-order valence-electron chi connectivity index (χ2n) is 4.42. The van der Waals surface area contributed by atoms with Gasteiger partial charge in [-0.05, 0) is 31.2 Å². The average molecular weight is 273 g/mol. The lowest BCUT2D eigenvalue weighted by molar-refractivity contribution is -0.129. The Kier molecular flexibility index (Phi) is 5.56. The smallest absolute Gasteiger partial charge is 0.227 e. The van der Waals surface area contributed by atoms with Gasteiger partial charge < -0.3 is 10.2 Å². The molecule has 1 aliphatic heterocycles. The Balaban J connectivity index is 0.00000162. The highest BCUT2D eigenvalue weighted by molar-refractivity contribution is 5.85. The van der Waals surface area contributed by atoms with Crippen LogP contribution in [0.2, 0.25) is 0 Å². The van der Waals surface area contributed by atoms with Crippen LogP contribution < -0.4 is 5.32 Å². The summed E-state index contributed by atoms with van der Waals surface area (Å²) < 4.78 is 12.7. The summed E-state index contributed by atoms with van der Waals surface area (Å²) in [7, 11) is 1.92. The highest BCUT2D eigenvalue weighted by atomic mass is 35.5. The van der Waals surface area contributed by atoms with Gasteiger partial charge in [0.25, 0.3) is 0 Å². The molecule has 2 rings (SSSR count). The van der Waals surface area contributed by atoms with Crippen molar-refractivity contribution in [2.45, 2.75) is 18.9 Å². The normalized spacial score (nSPS) is 18.6. The number of carbonyl (C=O) groups excluding carboxylic acids is 1. The lowest BCUT2D eigenvalue weighted by Crippen LogP contribution is -2.34. The number of rotatable bonds is 3. The maximum Gasteiger partial charge on any atom is 0.227 e. The SMILES string of the molecule is CNC1CCN(C(=O)Cc2ccc(F)cc2)C1.Cl. The van der Waals surface area contributed by atoms with Gasteiger partial charge in [-0.25, -0.2) is 4.39 Å². The van der Waals surface area contributed by atoms with Gasteiger partial charge in [-0.3, -0.25) is 4.79 Å². The fourth-order valence-electron chi connectivity index (χ4n) is 2.11. The number of benzene rings is 1. The first-order valence-corrected chi connectivity index (χ1v) is 5.88. The summed E-state index contributed by atoms with van der Waals surface area (Å²) >= 11 is 0. The minimum absolute atomic E-state index is 0. The lowest BCUT2D eigenvalue weighted by atomic mass is 10.1. The first-order valence-electron chi connectivity index (χ1n) is 5.88. The molecule has 1 unspecified atom stereocenters. The van der Waals surface area contributed by atoms with Crippen molar-refractivity contribution in [1.29, 1.82) is 0 Å². The van der Waals surface area contributed by atoms with Crippen LogP contribution in [0.3, 0.4) is 0 Å². The van der Waals surface area contributed by atoms with E-state index in [1.807, 2.05) is 11.9 Å². The average Bonchev–Trinajstić information content (AvgIpc) is 2.81. The number of likely N-dealkylation sites (tertiary alicyclic amines) is 1. The van der Waals surface area contributed by atoms with Gasteiger partial charge >= 0.3 is 0 Å². The molecule has 0 saturated carbocycles. The van der Waals surface area contributed by atoms with Crippen LogP contribution in [0.1, 0.15) is 12.0 Å². The Hall–Kier alpha value is -1.13. The van der Waals surface area contributed by atoms with E-state index >= 15 is 0 Å². The number of halogens is 2. The van der Waals surface area contributed by atoms with E-state index in [1.165, 1.54) is 12.1 Å². The van der Waals surface area contributed by atoms with Gasteiger partial charge in [0.05, 0.1) is 6.42 Å². The molecule has 1 amide bonds. The number of nitrogens with zero attached hydrogens (tertiary/aromatic N) is 1. The largest absolute Gasteiger partial charge is 0.341 e. The fraction of sp³-hybridized carbons (Fsp3) is 0.462. The molecule has 0 aromatic heterocycles. The number of hydrogen-bond acceptors (Lipinski definition) is 2. The first-order chi connectivity index (χ1) is 8.19. The summed E-state index contributed by atoms with van der Waals surface area (Å²) in [6.45, 7) is 1.59. The second-order valence-corrected chi connectivity index (χ2v) is 4.42. The maximum absolute atomic E-state index is 12.7. The Bertz CT molecular complexity index is 396. The van der Waals surface area contributed by atoms with Crippen molar-refractivity contribution in [2.75, 3.05) is 20.1 Å². The van der Waals surface area contributed by atoms with E-state index < -0.39 is 0 Å². The Morgan fingerprint density at radius 3 is 2.67 bits per heavy atom. The molecule has 0 spiro atoms. The van der Waals surface area contributed by atoms with E-state index in [9.17, 15) is 9.18 Å². The van der Waals surface area contributed by atoms with Crippen LogP contribution >= 0.6 is 12.4 Å². The predicted molar refractivity (Wildman–Crippen MR) is 71.4 cm³/mol. The molecule has 5 heteroatoms. The zero-order chi connectivity index (χ0) is 12.3. The fourth-order valence-corrected chi connectivity index (χ4v) is 2.11. The van der Waals surface area contributed by atoms with Gasteiger partial charge in [0, 0.05) is 19.1 Å².